The quantitative estimate of drug-likeness (QED) is 0.844. The average Bonchev–Trinajstić information content (AvgIpc) is 2.69. The van der Waals surface area contributed by atoms with Crippen LogP contribution in [0.3, 0.4) is 0 Å². The highest BCUT2D eigenvalue weighted by molar-refractivity contribution is 6.31. The van der Waals surface area contributed by atoms with E-state index in [9.17, 15) is 9.59 Å². The van der Waals surface area contributed by atoms with Gasteiger partial charge in [0.25, 0.3) is 5.91 Å². The first-order valence-corrected chi connectivity index (χ1v) is 6.59. The molecule has 0 aliphatic carbocycles. The molecule has 0 saturated heterocycles. The van der Waals surface area contributed by atoms with Crippen molar-refractivity contribution in [3.05, 3.63) is 23.0 Å². The first-order chi connectivity index (χ1) is 8.81. The lowest BCUT2D eigenvalue weighted by Crippen LogP contribution is -2.34. The highest BCUT2D eigenvalue weighted by Crippen LogP contribution is 2.19. The molecule has 2 N–H and O–H groups in total. The lowest BCUT2D eigenvalue weighted by molar-refractivity contribution is -0.137. The molecular formula is C13H19ClN2O3. The average molecular weight is 287 g/mol. The normalized spacial score (nSPS) is 12.5. The third-order valence-corrected chi connectivity index (χ3v) is 2.98. The molecule has 0 bridgehead atoms. The summed E-state index contributed by atoms with van der Waals surface area (Å²) in [6.07, 6.45) is 2.15. The zero-order valence-corrected chi connectivity index (χ0v) is 12.1. The molecule has 106 valence electrons. The van der Waals surface area contributed by atoms with E-state index in [1.807, 2.05) is 13.8 Å². The van der Waals surface area contributed by atoms with Crippen molar-refractivity contribution >= 4 is 23.5 Å². The molecule has 19 heavy (non-hydrogen) atoms. The van der Waals surface area contributed by atoms with Gasteiger partial charge < -0.3 is 15.0 Å². The molecule has 0 fully saturated rings. The number of rotatable bonds is 6. The second-order valence-electron chi connectivity index (χ2n) is 4.85. The number of aliphatic carboxylic acids is 1. The molecule has 0 aromatic carbocycles. The van der Waals surface area contributed by atoms with Crippen LogP contribution in [0.5, 0.6) is 0 Å². The topological polar surface area (TPSA) is 71.3 Å². The predicted octanol–water partition coefficient (Wildman–Crippen LogP) is 2.71. The van der Waals surface area contributed by atoms with E-state index in [1.54, 1.807) is 23.8 Å². The number of carbonyl (C=O) groups excluding carboxylic acids is 1. The van der Waals surface area contributed by atoms with Crippen molar-refractivity contribution in [2.45, 2.75) is 45.7 Å². The summed E-state index contributed by atoms with van der Waals surface area (Å²) in [5.74, 6) is -1.10. The first kappa shape index (κ1) is 15.6. The molecular weight excluding hydrogens is 268 g/mol. The van der Waals surface area contributed by atoms with Crippen molar-refractivity contribution in [2.24, 2.45) is 0 Å². The third kappa shape index (κ3) is 4.59. The van der Waals surface area contributed by atoms with Crippen molar-refractivity contribution in [3.63, 3.8) is 0 Å². The maximum Gasteiger partial charge on any atom is 0.303 e. The molecule has 1 amide bonds. The van der Waals surface area contributed by atoms with Gasteiger partial charge in [-0.2, -0.15) is 0 Å². The fraction of sp³-hybridized carbons (Fsp3) is 0.538. The van der Waals surface area contributed by atoms with E-state index < -0.39 is 5.97 Å². The van der Waals surface area contributed by atoms with Crippen LogP contribution in [0.15, 0.2) is 12.3 Å². The van der Waals surface area contributed by atoms with E-state index in [2.05, 4.69) is 5.32 Å². The third-order valence-electron chi connectivity index (χ3n) is 2.77. The summed E-state index contributed by atoms with van der Waals surface area (Å²) in [7, 11) is 0. The Kier molecular flexibility index (Phi) is 5.42. The summed E-state index contributed by atoms with van der Waals surface area (Å²) >= 11 is 5.91. The monoisotopic (exact) mass is 286 g/mol. The second-order valence-corrected chi connectivity index (χ2v) is 5.29. The minimum absolute atomic E-state index is 0.0351. The van der Waals surface area contributed by atoms with E-state index >= 15 is 0 Å². The van der Waals surface area contributed by atoms with Crippen molar-refractivity contribution in [1.82, 2.24) is 9.88 Å². The number of carbonyl (C=O) groups is 2. The number of aromatic nitrogens is 1. The van der Waals surface area contributed by atoms with Gasteiger partial charge in [0, 0.05) is 24.7 Å². The Labute approximate surface area is 117 Å². The number of halogens is 1. The summed E-state index contributed by atoms with van der Waals surface area (Å²) < 4.78 is 1.79. The van der Waals surface area contributed by atoms with Crippen molar-refractivity contribution in [1.29, 1.82) is 0 Å². The Morgan fingerprint density at radius 1 is 1.42 bits per heavy atom. The van der Waals surface area contributed by atoms with Gasteiger partial charge in [-0.05, 0) is 33.3 Å². The molecule has 1 aromatic rings. The molecule has 0 radical (unpaired) electrons. The Balaban J connectivity index is 2.70. The fourth-order valence-corrected chi connectivity index (χ4v) is 1.97. The largest absolute Gasteiger partial charge is 0.481 e. The summed E-state index contributed by atoms with van der Waals surface area (Å²) in [6.45, 7) is 5.70. The van der Waals surface area contributed by atoms with Crippen LogP contribution in [0.25, 0.3) is 0 Å². The number of amides is 1. The van der Waals surface area contributed by atoms with Crippen LogP contribution in [0.4, 0.5) is 0 Å². The van der Waals surface area contributed by atoms with E-state index in [0.717, 1.165) is 0 Å². The molecule has 5 nitrogen and oxygen atoms in total. The van der Waals surface area contributed by atoms with Crippen LogP contribution in [0.2, 0.25) is 5.02 Å². The number of carboxylic acid groups (broad SMARTS) is 1. The highest BCUT2D eigenvalue weighted by atomic mass is 35.5. The molecule has 1 unspecified atom stereocenters. The number of hydrogen-bond donors (Lipinski definition) is 2. The smallest absolute Gasteiger partial charge is 0.303 e. The number of hydrogen-bond acceptors (Lipinski definition) is 2. The van der Waals surface area contributed by atoms with Gasteiger partial charge in [0.2, 0.25) is 0 Å². The molecule has 0 spiro atoms. The minimum Gasteiger partial charge on any atom is -0.481 e. The Hall–Kier alpha value is -1.49. The predicted molar refractivity (Wildman–Crippen MR) is 73.6 cm³/mol. The van der Waals surface area contributed by atoms with Gasteiger partial charge >= 0.3 is 5.97 Å². The second kappa shape index (κ2) is 6.61. The van der Waals surface area contributed by atoms with Gasteiger partial charge in [-0.25, -0.2) is 0 Å². The maximum absolute atomic E-state index is 12.1. The van der Waals surface area contributed by atoms with Gasteiger partial charge in [0.05, 0.1) is 5.02 Å². The molecule has 1 atom stereocenters. The van der Waals surface area contributed by atoms with Crippen LogP contribution in [0, 0.1) is 0 Å². The molecule has 0 saturated carbocycles. The zero-order valence-electron chi connectivity index (χ0n) is 11.3. The van der Waals surface area contributed by atoms with Crippen molar-refractivity contribution in [3.8, 4) is 0 Å². The van der Waals surface area contributed by atoms with Gasteiger partial charge in [0.1, 0.15) is 5.69 Å². The van der Waals surface area contributed by atoms with E-state index in [1.165, 1.54) is 0 Å². The fourth-order valence-electron chi connectivity index (χ4n) is 1.76. The van der Waals surface area contributed by atoms with Gasteiger partial charge in [-0.15, -0.1) is 0 Å². The van der Waals surface area contributed by atoms with Crippen LogP contribution in [-0.4, -0.2) is 27.6 Å². The summed E-state index contributed by atoms with van der Waals surface area (Å²) in [5, 5.41) is 11.9. The molecule has 0 aliphatic rings. The number of nitrogens with zero attached hydrogens (tertiary/aromatic N) is 1. The van der Waals surface area contributed by atoms with E-state index in [4.69, 9.17) is 16.7 Å². The molecule has 1 aromatic heterocycles. The SMILES string of the molecule is CC(CCC(=O)O)NC(=O)c1cc(Cl)cn1C(C)C. The van der Waals surface area contributed by atoms with Crippen molar-refractivity contribution in [2.75, 3.05) is 0 Å². The molecule has 1 heterocycles. The molecule has 0 aliphatic heterocycles. The number of nitrogens with one attached hydrogen (secondary N) is 1. The van der Waals surface area contributed by atoms with Crippen molar-refractivity contribution < 1.29 is 14.7 Å². The lowest BCUT2D eigenvalue weighted by Gasteiger charge is -2.16. The Morgan fingerprint density at radius 3 is 2.58 bits per heavy atom. The molecule has 1 rings (SSSR count). The summed E-state index contributed by atoms with van der Waals surface area (Å²) in [6, 6.07) is 1.54. The van der Waals surface area contributed by atoms with Crippen LogP contribution >= 0.6 is 11.6 Å². The highest BCUT2D eigenvalue weighted by Gasteiger charge is 2.17. The Morgan fingerprint density at radius 2 is 2.05 bits per heavy atom. The number of carboxylic acids is 1. The van der Waals surface area contributed by atoms with Gasteiger partial charge in [-0.3, -0.25) is 9.59 Å². The van der Waals surface area contributed by atoms with Gasteiger partial charge in [0.15, 0.2) is 0 Å². The van der Waals surface area contributed by atoms with Crippen LogP contribution in [-0.2, 0) is 4.79 Å². The zero-order chi connectivity index (χ0) is 14.6. The minimum atomic E-state index is -0.866. The lowest BCUT2D eigenvalue weighted by atomic mass is 10.2. The summed E-state index contributed by atoms with van der Waals surface area (Å²) in [4.78, 5) is 22.6. The van der Waals surface area contributed by atoms with Crippen LogP contribution in [0.1, 0.15) is 50.1 Å². The van der Waals surface area contributed by atoms with Crippen LogP contribution < -0.4 is 5.32 Å². The van der Waals surface area contributed by atoms with E-state index in [0.29, 0.717) is 17.1 Å². The molecule has 6 heteroatoms. The summed E-state index contributed by atoms with van der Waals surface area (Å²) in [5.41, 5.74) is 0.488. The standard InChI is InChI=1S/C13H19ClN2O3/c1-8(2)16-7-10(14)6-11(16)13(19)15-9(3)4-5-12(17)18/h6-9H,4-5H2,1-3H3,(H,15,19)(H,17,18). The Bertz CT molecular complexity index is 468. The van der Waals surface area contributed by atoms with E-state index in [-0.39, 0.29) is 24.4 Å². The van der Waals surface area contributed by atoms with Gasteiger partial charge in [-0.1, -0.05) is 11.6 Å². The maximum atomic E-state index is 12.1. The first-order valence-electron chi connectivity index (χ1n) is 6.21.